The number of nitrogens with zero attached hydrogens (tertiary/aromatic N) is 1. The Balaban J connectivity index is 2.39. The molecule has 1 aliphatic rings. The maximum absolute atomic E-state index is 12.2. The average molecular weight is 314 g/mol. The van der Waals surface area contributed by atoms with Gasteiger partial charge in [-0.25, -0.2) is 4.79 Å². The van der Waals surface area contributed by atoms with Crippen LogP contribution in [0.2, 0.25) is 0 Å². The molecule has 0 spiro atoms. The van der Waals surface area contributed by atoms with Crippen LogP contribution in [0, 0.1) is 5.41 Å². The van der Waals surface area contributed by atoms with E-state index in [2.05, 4.69) is 19.2 Å². The zero-order valence-corrected chi connectivity index (χ0v) is 15.2. The number of amides is 1. The highest BCUT2D eigenvalue weighted by Crippen LogP contribution is 2.36. The Kier molecular flexibility index (Phi) is 7.13. The Bertz CT molecular complexity index is 350. The third-order valence-corrected chi connectivity index (χ3v) is 4.00. The van der Waals surface area contributed by atoms with E-state index in [1.807, 2.05) is 20.8 Å². The highest BCUT2D eigenvalue weighted by molar-refractivity contribution is 5.68. The summed E-state index contributed by atoms with van der Waals surface area (Å²) in [7, 11) is 1.64. The number of hydrogen-bond donors (Lipinski definition) is 1. The van der Waals surface area contributed by atoms with Gasteiger partial charge in [-0.3, -0.25) is 0 Å². The maximum Gasteiger partial charge on any atom is 0.410 e. The summed E-state index contributed by atoms with van der Waals surface area (Å²) in [5, 5.41) is 3.57. The minimum Gasteiger partial charge on any atom is -0.444 e. The summed E-state index contributed by atoms with van der Waals surface area (Å²) in [6.45, 7) is 12.8. The monoisotopic (exact) mass is 314 g/mol. The Labute approximate surface area is 135 Å². The first-order chi connectivity index (χ1) is 10.1. The molecule has 5 heteroatoms. The summed E-state index contributed by atoms with van der Waals surface area (Å²) in [4.78, 5) is 13.9. The number of ether oxygens (including phenoxy) is 2. The van der Waals surface area contributed by atoms with E-state index in [0.29, 0.717) is 31.2 Å². The molecule has 1 rings (SSSR count). The molecule has 0 aromatic rings. The molecular weight excluding hydrogens is 280 g/mol. The minimum absolute atomic E-state index is 0.266. The van der Waals surface area contributed by atoms with Gasteiger partial charge in [-0.2, -0.15) is 0 Å². The number of nitrogens with one attached hydrogen (secondary N) is 1. The predicted octanol–water partition coefficient (Wildman–Crippen LogP) is 3.04. The molecule has 0 aromatic heterocycles. The summed E-state index contributed by atoms with van der Waals surface area (Å²) in [5.41, 5.74) is -0.0239. The van der Waals surface area contributed by atoms with Gasteiger partial charge in [0.1, 0.15) is 5.60 Å². The Morgan fingerprint density at radius 1 is 1.32 bits per heavy atom. The van der Waals surface area contributed by atoms with Crippen LogP contribution in [0.25, 0.3) is 0 Å². The van der Waals surface area contributed by atoms with Crippen molar-refractivity contribution in [1.82, 2.24) is 10.2 Å². The normalized spacial score (nSPS) is 20.9. The first kappa shape index (κ1) is 19.2. The molecule has 0 radical (unpaired) electrons. The largest absolute Gasteiger partial charge is 0.444 e. The summed E-state index contributed by atoms with van der Waals surface area (Å²) in [6, 6.07) is 0.568. The van der Waals surface area contributed by atoms with E-state index in [9.17, 15) is 4.79 Å². The number of methoxy groups -OCH3 is 1. The van der Waals surface area contributed by atoms with Crippen molar-refractivity contribution in [2.75, 3.05) is 33.4 Å². The van der Waals surface area contributed by atoms with Crippen LogP contribution in [0.5, 0.6) is 0 Å². The molecule has 0 aromatic carbocycles. The molecule has 1 atom stereocenters. The lowest BCUT2D eigenvalue weighted by molar-refractivity contribution is 0.0202. The molecule has 1 aliphatic carbocycles. The molecule has 1 amide bonds. The Morgan fingerprint density at radius 2 is 2.00 bits per heavy atom. The van der Waals surface area contributed by atoms with Gasteiger partial charge in [0, 0.05) is 32.8 Å². The zero-order chi connectivity index (χ0) is 16.8. The van der Waals surface area contributed by atoms with Crippen LogP contribution in [0.3, 0.4) is 0 Å². The van der Waals surface area contributed by atoms with Crippen molar-refractivity contribution in [3.63, 3.8) is 0 Å². The topological polar surface area (TPSA) is 50.8 Å². The molecule has 1 N–H and O–H groups in total. The Morgan fingerprint density at radius 3 is 2.50 bits per heavy atom. The second-order valence-corrected chi connectivity index (χ2v) is 8.02. The van der Waals surface area contributed by atoms with E-state index in [1.54, 1.807) is 12.0 Å². The van der Waals surface area contributed by atoms with Crippen LogP contribution < -0.4 is 5.32 Å². The van der Waals surface area contributed by atoms with Crippen LogP contribution in [-0.2, 0) is 9.47 Å². The van der Waals surface area contributed by atoms with Crippen molar-refractivity contribution in [2.24, 2.45) is 5.41 Å². The molecule has 1 fully saturated rings. The average Bonchev–Trinajstić information content (AvgIpc) is 2.71. The second-order valence-electron chi connectivity index (χ2n) is 8.02. The molecule has 0 heterocycles. The van der Waals surface area contributed by atoms with Crippen LogP contribution in [0.15, 0.2) is 0 Å². The van der Waals surface area contributed by atoms with Crippen molar-refractivity contribution >= 4 is 6.09 Å². The van der Waals surface area contributed by atoms with Gasteiger partial charge >= 0.3 is 6.09 Å². The molecule has 22 heavy (non-hydrogen) atoms. The lowest BCUT2D eigenvalue weighted by Crippen LogP contribution is -2.43. The number of hydrogen-bond acceptors (Lipinski definition) is 4. The predicted molar refractivity (Wildman–Crippen MR) is 89.1 cm³/mol. The van der Waals surface area contributed by atoms with E-state index in [1.165, 1.54) is 19.3 Å². The first-order valence-electron chi connectivity index (χ1n) is 8.33. The lowest BCUT2D eigenvalue weighted by atomic mass is 9.92. The van der Waals surface area contributed by atoms with Crippen LogP contribution >= 0.6 is 0 Å². The molecule has 130 valence electrons. The number of carbonyl (C=O) groups excluding carboxylic acids is 1. The molecular formula is C17H34N2O3. The standard InChI is InChI=1S/C17H34N2O3/c1-16(2,3)22-15(20)19(11-12-21-6)10-9-18-14-7-8-17(4,5)13-14/h14,18H,7-13H2,1-6H3. The molecule has 0 bridgehead atoms. The fourth-order valence-corrected chi connectivity index (χ4v) is 2.84. The zero-order valence-electron chi connectivity index (χ0n) is 15.2. The quantitative estimate of drug-likeness (QED) is 0.785. The van der Waals surface area contributed by atoms with Gasteiger partial charge in [-0.15, -0.1) is 0 Å². The van der Waals surface area contributed by atoms with Crippen LogP contribution in [0.1, 0.15) is 53.9 Å². The second kappa shape index (κ2) is 8.16. The molecule has 0 aliphatic heterocycles. The summed E-state index contributed by atoms with van der Waals surface area (Å²) in [6.07, 6.45) is 3.43. The van der Waals surface area contributed by atoms with Crippen molar-refractivity contribution in [3.8, 4) is 0 Å². The van der Waals surface area contributed by atoms with Crippen LogP contribution in [-0.4, -0.2) is 56.0 Å². The highest BCUT2D eigenvalue weighted by Gasteiger charge is 2.30. The third-order valence-electron chi connectivity index (χ3n) is 4.00. The van der Waals surface area contributed by atoms with Crippen molar-refractivity contribution < 1.29 is 14.3 Å². The van der Waals surface area contributed by atoms with Crippen molar-refractivity contribution in [3.05, 3.63) is 0 Å². The van der Waals surface area contributed by atoms with Gasteiger partial charge in [-0.1, -0.05) is 13.8 Å². The molecule has 1 saturated carbocycles. The van der Waals surface area contributed by atoms with Gasteiger partial charge in [-0.05, 0) is 45.4 Å². The molecule has 0 saturated heterocycles. The van der Waals surface area contributed by atoms with E-state index < -0.39 is 5.60 Å². The van der Waals surface area contributed by atoms with Gasteiger partial charge < -0.3 is 19.7 Å². The summed E-state index contributed by atoms with van der Waals surface area (Å²) in [5.74, 6) is 0. The number of rotatable bonds is 7. The van der Waals surface area contributed by atoms with Crippen molar-refractivity contribution in [2.45, 2.75) is 65.5 Å². The first-order valence-corrected chi connectivity index (χ1v) is 8.33. The van der Waals surface area contributed by atoms with E-state index in [0.717, 1.165) is 6.54 Å². The third kappa shape index (κ3) is 7.45. The summed E-state index contributed by atoms with van der Waals surface area (Å²) >= 11 is 0. The van der Waals surface area contributed by atoms with Gasteiger partial charge in [0.05, 0.1) is 6.61 Å². The maximum atomic E-state index is 12.2. The SMILES string of the molecule is COCCN(CCNC1CCC(C)(C)C1)C(=O)OC(C)(C)C. The van der Waals surface area contributed by atoms with Gasteiger partial charge in [0.2, 0.25) is 0 Å². The minimum atomic E-state index is -0.467. The fraction of sp³-hybridized carbons (Fsp3) is 0.941. The molecule has 1 unspecified atom stereocenters. The summed E-state index contributed by atoms with van der Waals surface area (Å²) < 4.78 is 10.5. The Hall–Kier alpha value is -0.810. The highest BCUT2D eigenvalue weighted by atomic mass is 16.6. The van der Waals surface area contributed by atoms with Crippen molar-refractivity contribution in [1.29, 1.82) is 0 Å². The fourth-order valence-electron chi connectivity index (χ4n) is 2.84. The van der Waals surface area contributed by atoms with Gasteiger partial charge in [0.25, 0.3) is 0 Å². The van der Waals surface area contributed by atoms with E-state index in [4.69, 9.17) is 9.47 Å². The smallest absolute Gasteiger partial charge is 0.410 e. The van der Waals surface area contributed by atoms with E-state index >= 15 is 0 Å². The van der Waals surface area contributed by atoms with E-state index in [-0.39, 0.29) is 6.09 Å². The number of carbonyl (C=O) groups is 1. The van der Waals surface area contributed by atoms with Gasteiger partial charge in [0.15, 0.2) is 0 Å². The van der Waals surface area contributed by atoms with Crippen LogP contribution in [0.4, 0.5) is 4.79 Å². The lowest BCUT2D eigenvalue weighted by Gasteiger charge is -2.28. The molecule has 5 nitrogen and oxygen atoms in total.